The molecule has 1 aliphatic rings. The number of benzene rings is 1. The van der Waals surface area contributed by atoms with E-state index >= 15 is 0 Å². The highest BCUT2D eigenvalue weighted by molar-refractivity contribution is 7.13. The molecule has 196 valence electrons. The Balaban J connectivity index is 1.71. The zero-order valence-electron chi connectivity index (χ0n) is 21.9. The predicted molar refractivity (Wildman–Crippen MR) is 143 cm³/mol. The highest BCUT2D eigenvalue weighted by atomic mass is 32.1. The fraction of sp³-hybridized carbons (Fsp3) is 0.536. The van der Waals surface area contributed by atoms with Crippen LogP contribution in [0.4, 0.5) is 10.5 Å². The van der Waals surface area contributed by atoms with Crippen molar-refractivity contribution in [2.24, 2.45) is 5.41 Å². The van der Waals surface area contributed by atoms with Gasteiger partial charge in [0.25, 0.3) is 5.91 Å². The van der Waals surface area contributed by atoms with E-state index < -0.39 is 18.1 Å². The monoisotopic (exact) mass is 514 g/mol. The van der Waals surface area contributed by atoms with Gasteiger partial charge in [0.2, 0.25) is 0 Å². The van der Waals surface area contributed by atoms with Crippen LogP contribution in [-0.4, -0.2) is 45.1 Å². The number of urea groups is 1. The van der Waals surface area contributed by atoms with Gasteiger partial charge in [0.05, 0.1) is 6.10 Å². The predicted octanol–water partition coefficient (Wildman–Crippen LogP) is 6.26. The van der Waals surface area contributed by atoms with Crippen molar-refractivity contribution >= 4 is 34.9 Å². The molecule has 0 spiro atoms. The van der Waals surface area contributed by atoms with Crippen LogP contribution < -0.4 is 4.90 Å². The van der Waals surface area contributed by atoms with Gasteiger partial charge in [-0.25, -0.2) is 9.59 Å². The Hall–Kier alpha value is -2.71. The van der Waals surface area contributed by atoms with E-state index in [4.69, 9.17) is 5.11 Å². The Morgan fingerprint density at radius 1 is 1.06 bits per heavy atom. The third-order valence-corrected chi connectivity index (χ3v) is 7.63. The Labute approximate surface area is 217 Å². The number of aliphatic hydroxyl groups is 1. The maximum absolute atomic E-state index is 13.3. The van der Waals surface area contributed by atoms with E-state index in [-0.39, 0.29) is 23.4 Å². The fourth-order valence-electron chi connectivity index (χ4n) is 4.58. The van der Waals surface area contributed by atoms with Crippen LogP contribution in [0.25, 0.3) is 0 Å². The molecule has 2 atom stereocenters. The summed E-state index contributed by atoms with van der Waals surface area (Å²) in [5, 5.41) is 19.7. The quantitative estimate of drug-likeness (QED) is 0.345. The summed E-state index contributed by atoms with van der Waals surface area (Å²) in [4.78, 5) is 41.7. The van der Waals surface area contributed by atoms with Crippen LogP contribution in [0.1, 0.15) is 92.9 Å². The average molecular weight is 515 g/mol. The van der Waals surface area contributed by atoms with Gasteiger partial charge in [-0.3, -0.25) is 14.6 Å². The molecule has 0 saturated carbocycles. The van der Waals surface area contributed by atoms with Gasteiger partial charge in [0.1, 0.15) is 10.9 Å². The Morgan fingerprint density at radius 3 is 2.28 bits per heavy atom. The second-order valence-corrected chi connectivity index (χ2v) is 12.2. The van der Waals surface area contributed by atoms with Gasteiger partial charge in [-0.1, -0.05) is 39.3 Å². The molecule has 2 unspecified atom stereocenters. The van der Waals surface area contributed by atoms with E-state index in [1.54, 1.807) is 17.0 Å². The fourth-order valence-corrected chi connectivity index (χ4v) is 5.47. The average Bonchev–Trinajstić information content (AvgIpc) is 3.36. The molecule has 2 aromatic rings. The van der Waals surface area contributed by atoms with Gasteiger partial charge in [-0.15, -0.1) is 11.3 Å². The summed E-state index contributed by atoms with van der Waals surface area (Å²) in [6, 6.07) is 9.50. The number of carboxylic acids is 1. The summed E-state index contributed by atoms with van der Waals surface area (Å²) in [6.45, 7) is 10.2. The molecular formula is C28H38N2O5S. The Kier molecular flexibility index (Phi) is 8.95. The van der Waals surface area contributed by atoms with Crippen LogP contribution >= 0.6 is 11.3 Å². The van der Waals surface area contributed by atoms with Crippen molar-refractivity contribution in [3.05, 3.63) is 51.7 Å². The number of imide groups is 1. The van der Waals surface area contributed by atoms with Gasteiger partial charge in [-0.2, -0.15) is 0 Å². The number of carboxylic acid groups (broad SMARTS) is 1. The first-order valence-corrected chi connectivity index (χ1v) is 13.5. The van der Waals surface area contributed by atoms with Crippen molar-refractivity contribution in [2.45, 2.75) is 91.3 Å². The van der Waals surface area contributed by atoms with Crippen LogP contribution in [0.3, 0.4) is 0 Å². The van der Waals surface area contributed by atoms with Gasteiger partial charge in [-0.05, 0) is 81.2 Å². The summed E-state index contributed by atoms with van der Waals surface area (Å²) in [7, 11) is 0. The lowest BCUT2D eigenvalue weighted by Crippen LogP contribution is -2.38. The Bertz CT molecular complexity index is 1070. The van der Waals surface area contributed by atoms with Crippen LogP contribution in [0.2, 0.25) is 0 Å². The van der Waals surface area contributed by atoms with E-state index in [9.17, 15) is 19.5 Å². The van der Waals surface area contributed by atoms with E-state index in [1.807, 2.05) is 38.1 Å². The van der Waals surface area contributed by atoms with Crippen molar-refractivity contribution in [3.63, 3.8) is 0 Å². The first kappa shape index (κ1) is 27.9. The molecular weight excluding hydrogens is 476 g/mol. The third kappa shape index (κ3) is 6.73. The van der Waals surface area contributed by atoms with Gasteiger partial charge >= 0.3 is 12.0 Å². The van der Waals surface area contributed by atoms with Crippen LogP contribution in [0.15, 0.2) is 36.4 Å². The summed E-state index contributed by atoms with van der Waals surface area (Å²) in [6.07, 6.45) is 3.83. The molecule has 36 heavy (non-hydrogen) atoms. The zero-order chi connectivity index (χ0) is 26.6. The highest BCUT2D eigenvalue weighted by Gasteiger charge is 2.46. The standard InChI is InChI=1S/C28H38N2O5S/c1-18(2)29-25(32)22(9-6-8-21-15-16-24(36-21)26(33)34)30(27(29)35)20-13-11-19(12-14-20)23(31)10-7-17-28(3,4)5/h11-16,18,22-23,31H,6-10,17H2,1-5H3,(H,33,34). The normalized spacial score (nSPS) is 17.4. The minimum absolute atomic E-state index is 0.210. The molecule has 1 aromatic carbocycles. The SMILES string of the molecule is CC(C)N1C(=O)C(CCCc2ccc(C(=O)O)s2)N(c2ccc(C(O)CCCC(C)(C)C)cc2)C1=O. The van der Waals surface area contributed by atoms with Crippen LogP contribution in [0.5, 0.6) is 0 Å². The topological polar surface area (TPSA) is 98.2 Å². The molecule has 3 amide bonds. The second kappa shape index (κ2) is 11.6. The minimum atomic E-state index is -0.940. The minimum Gasteiger partial charge on any atom is -0.477 e. The lowest BCUT2D eigenvalue weighted by molar-refractivity contribution is -0.128. The first-order chi connectivity index (χ1) is 16.9. The maximum atomic E-state index is 13.3. The molecule has 2 N–H and O–H groups in total. The number of amides is 3. The molecule has 8 heteroatoms. The van der Waals surface area contributed by atoms with Crippen molar-refractivity contribution in [1.82, 2.24) is 4.90 Å². The molecule has 1 fully saturated rings. The van der Waals surface area contributed by atoms with E-state index in [1.165, 1.54) is 16.2 Å². The van der Waals surface area contributed by atoms with Crippen LogP contribution in [-0.2, 0) is 11.2 Å². The largest absolute Gasteiger partial charge is 0.477 e. The number of hydrogen-bond acceptors (Lipinski definition) is 5. The van der Waals surface area contributed by atoms with Gasteiger partial charge in [0, 0.05) is 16.6 Å². The van der Waals surface area contributed by atoms with Crippen molar-refractivity contribution in [1.29, 1.82) is 0 Å². The molecule has 1 aromatic heterocycles. The molecule has 2 heterocycles. The van der Waals surface area contributed by atoms with Crippen molar-refractivity contribution in [3.8, 4) is 0 Å². The van der Waals surface area contributed by atoms with E-state index in [0.717, 1.165) is 23.3 Å². The summed E-state index contributed by atoms with van der Waals surface area (Å²) in [5.41, 5.74) is 1.66. The lowest BCUT2D eigenvalue weighted by atomic mass is 9.88. The molecule has 0 radical (unpaired) electrons. The van der Waals surface area contributed by atoms with Crippen molar-refractivity contribution < 1.29 is 24.6 Å². The number of carbonyl (C=O) groups is 3. The summed E-state index contributed by atoms with van der Waals surface area (Å²) in [5.74, 6) is -1.15. The number of anilines is 1. The van der Waals surface area contributed by atoms with E-state index in [0.29, 0.717) is 36.2 Å². The number of carbonyl (C=O) groups excluding carboxylic acids is 2. The number of rotatable bonds is 11. The number of thiophene rings is 1. The first-order valence-electron chi connectivity index (χ1n) is 12.7. The second-order valence-electron chi connectivity index (χ2n) is 11.0. The third-order valence-electron chi connectivity index (χ3n) is 6.50. The van der Waals surface area contributed by atoms with Gasteiger partial charge in [0.15, 0.2) is 0 Å². The van der Waals surface area contributed by atoms with Crippen molar-refractivity contribution in [2.75, 3.05) is 4.90 Å². The molecule has 7 nitrogen and oxygen atoms in total. The number of aromatic carboxylic acids is 1. The molecule has 1 aliphatic heterocycles. The summed E-state index contributed by atoms with van der Waals surface area (Å²) >= 11 is 1.24. The number of hydrogen-bond donors (Lipinski definition) is 2. The zero-order valence-corrected chi connectivity index (χ0v) is 22.7. The van der Waals surface area contributed by atoms with Gasteiger partial charge < -0.3 is 10.2 Å². The number of aryl methyl sites for hydroxylation is 1. The van der Waals surface area contributed by atoms with E-state index in [2.05, 4.69) is 20.8 Å². The lowest BCUT2D eigenvalue weighted by Gasteiger charge is -2.23. The smallest absolute Gasteiger partial charge is 0.345 e. The highest BCUT2D eigenvalue weighted by Crippen LogP contribution is 2.32. The van der Waals surface area contributed by atoms with Crippen LogP contribution in [0, 0.1) is 5.41 Å². The molecule has 3 rings (SSSR count). The summed E-state index contributed by atoms with van der Waals surface area (Å²) < 4.78 is 0. The molecule has 0 aliphatic carbocycles. The number of nitrogens with zero attached hydrogens (tertiary/aromatic N) is 2. The Morgan fingerprint density at radius 2 is 1.72 bits per heavy atom. The maximum Gasteiger partial charge on any atom is 0.345 e. The number of aliphatic hydroxyl groups excluding tert-OH is 1. The molecule has 0 bridgehead atoms. The molecule has 1 saturated heterocycles.